The molecule has 0 aliphatic carbocycles. The Balaban J connectivity index is 2.23. The molecule has 2 aromatic rings. The highest BCUT2D eigenvalue weighted by Crippen LogP contribution is 2.19. The lowest BCUT2D eigenvalue weighted by molar-refractivity contribution is -0.385. The maximum Gasteiger partial charge on any atom is 0.288 e. The molecule has 0 aliphatic heterocycles. The minimum Gasteiger partial charge on any atom is -0.383 e. The number of thiazole rings is 1. The van der Waals surface area contributed by atoms with E-state index in [0.717, 1.165) is 18.0 Å². The van der Waals surface area contributed by atoms with Crippen LogP contribution in [0.1, 0.15) is 16.1 Å². The summed E-state index contributed by atoms with van der Waals surface area (Å²) in [6.07, 6.45) is 1.02. The van der Waals surface area contributed by atoms with Gasteiger partial charge in [0.05, 0.1) is 28.2 Å². The minimum atomic E-state index is -0.621. The number of nitrogens with zero attached hydrogens (tertiary/aromatic N) is 4. The summed E-state index contributed by atoms with van der Waals surface area (Å²) < 4.78 is 0. The van der Waals surface area contributed by atoms with E-state index in [0.29, 0.717) is 6.54 Å². The zero-order chi connectivity index (χ0) is 14.7. The summed E-state index contributed by atoms with van der Waals surface area (Å²) in [6, 6.07) is 1.13. The molecular formula is C11H11N5O3S. The zero-order valence-electron chi connectivity index (χ0n) is 10.5. The number of carbonyl (C=O) groups is 1. The van der Waals surface area contributed by atoms with E-state index in [4.69, 9.17) is 5.73 Å². The van der Waals surface area contributed by atoms with Crippen LogP contribution in [0.2, 0.25) is 0 Å². The molecule has 0 aromatic carbocycles. The van der Waals surface area contributed by atoms with Gasteiger partial charge in [-0.2, -0.15) is 0 Å². The molecule has 0 spiro atoms. The van der Waals surface area contributed by atoms with E-state index < -0.39 is 10.8 Å². The molecule has 0 aliphatic rings. The zero-order valence-corrected chi connectivity index (χ0v) is 11.3. The van der Waals surface area contributed by atoms with Crippen LogP contribution in [0.15, 0.2) is 23.2 Å². The van der Waals surface area contributed by atoms with Gasteiger partial charge in [0.2, 0.25) is 0 Å². The van der Waals surface area contributed by atoms with E-state index in [9.17, 15) is 14.9 Å². The number of nitrogens with two attached hydrogens (primary N) is 1. The third-order valence-electron chi connectivity index (χ3n) is 2.57. The fourth-order valence-corrected chi connectivity index (χ4v) is 2.12. The number of anilines is 1. The largest absolute Gasteiger partial charge is 0.383 e. The molecule has 0 saturated heterocycles. The molecule has 0 bridgehead atoms. The number of pyridine rings is 1. The van der Waals surface area contributed by atoms with Gasteiger partial charge in [0.25, 0.3) is 11.6 Å². The first-order valence-electron chi connectivity index (χ1n) is 5.51. The van der Waals surface area contributed by atoms with Gasteiger partial charge in [-0.15, -0.1) is 11.3 Å². The first kappa shape index (κ1) is 13.9. The topological polar surface area (TPSA) is 115 Å². The SMILES string of the molecule is CN(Cc1cscn1)C(=O)c1cc([N+](=O)[O-])cnc1N. The van der Waals surface area contributed by atoms with Gasteiger partial charge in [0.1, 0.15) is 12.0 Å². The molecule has 2 aromatic heterocycles. The smallest absolute Gasteiger partial charge is 0.288 e. The highest BCUT2D eigenvalue weighted by molar-refractivity contribution is 7.07. The van der Waals surface area contributed by atoms with Crippen LogP contribution in [0.25, 0.3) is 0 Å². The fraction of sp³-hybridized carbons (Fsp3) is 0.182. The average Bonchev–Trinajstić information content (AvgIpc) is 2.91. The van der Waals surface area contributed by atoms with Crippen LogP contribution in [0.4, 0.5) is 11.5 Å². The van der Waals surface area contributed by atoms with Crippen molar-refractivity contribution in [2.24, 2.45) is 0 Å². The molecule has 9 heteroatoms. The van der Waals surface area contributed by atoms with Crippen molar-refractivity contribution < 1.29 is 9.72 Å². The molecule has 20 heavy (non-hydrogen) atoms. The van der Waals surface area contributed by atoms with Gasteiger partial charge in [-0.25, -0.2) is 9.97 Å². The second kappa shape index (κ2) is 5.61. The van der Waals surface area contributed by atoms with Crippen molar-refractivity contribution in [2.45, 2.75) is 6.54 Å². The lowest BCUT2D eigenvalue weighted by Crippen LogP contribution is -2.27. The summed E-state index contributed by atoms with van der Waals surface area (Å²) in [7, 11) is 1.57. The van der Waals surface area contributed by atoms with E-state index in [1.54, 1.807) is 12.6 Å². The van der Waals surface area contributed by atoms with Crippen LogP contribution in [-0.4, -0.2) is 32.7 Å². The quantitative estimate of drug-likeness (QED) is 0.671. The lowest BCUT2D eigenvalue weighted by Gasteiger charge is -2.16. The minimum absolute atomic E-state index is 0.0110. The van der Waals surface area contributed by atoms with E-state index in [1.165, 1.54) is 16.2 Å². The average molecular weight is 293 g/mol. The number of amides is 1. The summed E-state index contributed by atoms with van der Waals surface area (Å²) in [5.74, 6) is -0.475. The summed E-state index contributed by atoms with van der Waals surface area (Å²) in [4.78, 5) is 31.4. The van der Waals surface area contributed by atoms with Crippen LogP contribution in [0.3, 0.4) is 0 Å². The van der Waals surface area contributed by atoms with Gasteiger partial charge in [-0.1, -0.05) is 0 Å². The normalized spacial score (nSPS) is 10.2. The molecule has 0 unspecified atom stereocenters. The van der Waals surface area contributed by atoms with Crippen molar-refractivity contribution in [1.29, 1.82) is 0 Å². The molecule has 2 heterocycles. The Morgan fingerprint density at radius 2 is 2.30 bits per heavy atom. The fourth-order valence-electron chi connectivity index (χ4n) is 1.57. The van der Waals surface area contributed by atoms with Gasteiger partial charge in [0.15, 0.2) is 0 Å². The van der Waals surface area contributed by atoms with E-state index in [1.807, 2.05) is 5.38 Å². The maximum atomic E-state index is 12.2. The molecule has 0 radical (unpaired) electrons. The Kier molecular flexibility index (Phi) is 3.89. The number of rotatable bonds is 4. The summed E-state index contributed by atoms with van der Waals surface area (Å²) >= 11 is 1.42. The van der Waals surface area contributed by atoms with E-state index >= 15 is 0 Å². The van der Waals surface area contributed by atoms with Crippen molar-refractivity contribution in [3.8, 4) is 0 Å². The number of carbonyl (C=O) groups excluding carboxylic acids is 1. The third-order valence-corrected chi connectivity index (χ3v) is 3.21. The standard InChI is InChI=1S/C11H11N5O3S/c1-15(4-7-5-20-6-14-7)11(17)9-2-8(16(18)19)3-13-10(9)12/h2-3,5-6H,4H2,1H3,(H2,12,13). The van der Waals surface area contributed by atoms with Crippen molar-refractivity contribution >= 4 is 28.7 Å². The number of nitro groups is 1. The molecule has 0 saturated carbocycles. The van der Waals surface area contributed by atoms with Gasteiger partial charge >= 0.3 is 0 Å². The number of hydrogen-bond acceptors (Lipinski definition) is 7. The lowest BCUT2D eigenvalue weighted by atomic mass is 10.2. The number of aromatic nitrogens is 2. The summed E-state index contributed by atoms with van der Waals surface area (Å²) in [5, 5.41) is 12.5. The van der Waals surface area contributed by atoms with Gasteiger partial charge in [-0.3, -0.25) is 14.9 Å². The summed E-state index contributed by atoms with van der Waals surface area (Å²) in [6.45, 7) is 0.296. The van der Waals surface area contributed by atoms with Crippen molar-refractivity contribution in [3.05, 3.63) is 44.5 Å². The van der Waals surface area contributed by atoms with Crippen LogP contribution in [0, 0.1) is 10.1 Å². The Bertz CT molecular complexity index is 644. The molecule has 2 rings (SSSR count). The third kappa shape index (κ3) is 2.88. The van der Waals surface area contributed by atoms with Crippen LogP contribution in [-0.2, 0) is 6.54 Å². The first-order valence-corrected chi connectivity index (χ1v) is 6.45. The summed E-state index contributed by atoms with van der Waals surface area (Å²) in [5.41, 5.74) is 7.75. The first-order chi connectivity index (χ1) is 9.49. The molecule has 1 amide bonds. The molecule has 8 nitrogen and oxygen atoms in total. The van der Waals surface area contributed by atoms with Crippen molar-refractivity contribution in [3.63, 3.8) is 0 Å². The molecule has 0 fully saturated rings. The monoisotopic (exact) mass is 293 g/mol. The van der Waals surface area contributed by atoms with Gasteiger partial charge in [-0.05, 0) is 0 Å². The van der Waals surface area contributed by atoms with Crippen LogP contribution in [0.5, 0.6) is 0 Å². The molecule has 104 valence electrons. The maximum absolute atomic E-state index is 12.2. The van der Waals surface area contributed by atoms with Gasteiger partial charge in [0, 0.05) is 18.5 Å². The second-order valence-electron chi connectivity index (χ2n) is 4.02. The molecule has 2 N–H and O–H groups in total. The van der Waals surface area contributed by atoms with Gasteiger partial charge < -0.3 is 10.6 Å². The second-order valence-corrected chi connectivity index (χ2v) is 4.74. The Morgan fingerprint density at radius 3 is 2.90 bits per heavy atom. The van der Waals surface area contributed by atoms with Crippen LogP contribution < -0.4 is 5.73 Å². The van der Waals surface area contributed by atoms with Crippen LogP contribution >= 0.6 is 11.3 Å². The Labute approximate surface area is 118 Å². The number of nitrogen functional groups attached to an aromatic ring is 1. The predicted molar refractivity (Wildman–Crippen MR) is 73.2 cm³/mol. The van der Waals surface area contributed by atoms with Crippen molar-refractivity contribution in [1.82, 2.24) is 14.9 Å². The Hall–Kier alpha value is -2.55. The highest BCUT2D eigenvalue weighted by atomic mass is 32.1. The molecule has 0 atom stereocenters. The Morgan fingerprint density at radius 1 is 1.55 bits per heavy atom. The predicted octanol–water partition coefficient (Wildman–Crippen LogP) is 1.30. The van der Waals surface area contributed by atoms with Crippen molar-refractivity contribution in [2.75, 3.05) is 12.8 Å². The molecular weight excluding hydrogens is 282 g/mol. The number of hydrogen-bond donors (Lipinski definition) is 1. The van der Waals surface area contributed by atoms with E-state index in [-0.39, 0.29) is 17.1 Å². The highest BCUT2D eigenvalue weighted by Gasteiger charge is 2.20. The van der Waals surface area contributed by atoms with E-state index in [2.05, 4.69) is 9.97 Å².